The lowest BCUT2D eigenvalue weighted by Crippen LogP contribution is -2.42. The van der Waals surface area contributed by atoms with Crippen LogP contribution in [0.15, 0.2) is 32.3 Å². The monoisotopic (exact) mass is 435 g/mol. The Morgan fingerprint density at radius 2 is 1.93 bits per heavy atom. The Morgan fingerprint density at radius 1 is 1.13 bits per heavy atom. The maximum Gasteiger partial charge on any atom is 0.420 e. The van der Waals surface area contributed by atoms with Crippen LogP contribution in [0, 0.1) is 5.92 Å². The normalized spacial score (nSPS) is 23.7. The molecule has 2 fully saturated rings. The van der Waals surface area contributed by atoms with E-state index in [1.54, 1.807) is 11.0 Å². The van der Waals surface area contributed by atoms with Crippen molar-refractivity contribution in [3.63, 3.8) is 0 Å². The topological polar surface area (TPSA) is 92.8 Å². The van der Waals surface area contributed by atoms with Gasteiger partial charge in [0.15, 0.2) is 5.58 Å². The molecule has 9 heteroatoms. The summed E-state index contributed by atoms with van der Waals surface area (Å²) in [5.74, 6) is -0.319. The molecule has 1 aromatic carbocycles. The summed E-state index contributed by atoms with van der Waals surface area (Å²) < 4.78 is 34.3. The second-order valence-electron chi connectivity index (χ2n) is 8.63. The highest BCUT2D eigenvalue weighted by molar-refractivity contribution is 7.89. The number of rotatable bonds is 4. The molecule has 1 aromatic heterocycles. The molecule has 2 atom stereocenters. The van der Waals surface area contributed by atoms with Gasteiger partial charge in [-0.2, -0.15) is 4.31 Å². The first-order valence-corrected chi connectivity index (χ1v) is 12.1. The molecule has 3 heterocycles. The smallest absolute Gasteiger partial charge is 0.408 e. The quantitative estimate of drug-likeness (QED) is 0.735. The lowest BCUT2D eigenvalue weighted by Gasteiger charge is -2.32. The number of benzene rings is 1. The fourth-order valence-corrected chi connectivity index (χ4v) is 6.29. The first-order valence-electron chi connectivity index (χ1n) is 10.7. The summed E-state index contributed by atoms with van der Waals surface area (Å²) in [6.45, 7) is 5.82. The van der Waals surface area contributed by atoms with Gasteiger partial charge < -0.3 is 9.32 Å². The molecule has 0 spiro atoms. The maximum atomic E-state index is 13.1. The molecule has 0 radical (unpaired) electrons. The maximum absolute atomic E-state index is 13.1. The average molecular weight is 436 g/mol. The van der Waals surface area contributed by atoms with E-state index >= 15 is 0 Å². The van der Waals surface area contributed by atoms with Gasteiger partial charge in [0.1, 0.15) is 6.54 Å². The third-order valence-electron chi connectivity index (χ3n) is 6.29. The number of sulfonamides is 1. The van der Waals surface area contributed by atoms with Crippen LogP contribution in [0.25, 0.3) is 11.1 Å². The second kappa shape index (κ2) is 8.19. The zero-order valence-electron chi connectivity index (χ0n) is 17.5. The summed E-state index contributed by atoms with van der Waals surface area (Å²) >= 11 is 0. The number of nitrogens with zero attached hydrogens (tertiary/aromatic N) is 3. The van der Waals surface area contributed by atoms with E-state index in [1.165, 1.54) is 21.0 Å². The minimum absolute atomic E-state index is 0.0550. The minimum Gasteiger partial charge on any atom is -0.408 e. The lowest BCUT2D eigenvalue weighted by molar-refractivity contribution is -0.133. The molecule has 0 unspecified atom stereocenters. The van der Waals surface area contributed by atoms with E-state index in [2.05, 4.69) is 6.92 Å². The Hall–Kier alpha value is -2.13. The number of hydrogen-bond donors (Lipinski definition) is 0. The Balaban J connectivity index is 1.61. The molecule has 2 aromatic rings. The van der Waals surface area contributed by atoms with Crippen LogP contribution in [0.4, 0.5) is 0 Å². The predicted molar refractivity (Wildman–Crippen MR) is 113 cm³/mol. The van der Waals surface area contributed by atoms with Crippen molar-refractivity contribution in [1.29, 1.82) is 0 Å². The number of hydrogen-bond acceptors (Lipinski definition) is 5. The predicted octanol–water partition coefficient (Wildman–Crippen LogP) is 2.42. The number of oxazole rings is 1. The van der Waals surface area contributed by atoms with Crippen molar-refractivity contribution < 1.29 is 17.6 Å². The van der Waals surface area contributed by atoms with Crippen molar-refractivity contribution >= 4 is 27.0 Å². The zero-order valence-corrected chi connectivity index (χ0v) is 18.4. The number of piperidine rings is 2. The van der Waals surface area contributed by atoms with Crippen LogP contribution in [-0.2, 0) is 21.4 Å². The van der Waals surface area contributed by atoms with Gasteiger partial charge in [0.25, 0.3) is 0 Å². The third kappa shape index (κ3) is 3.92. The SMILES string of the molecule is C[C@@H]1CCCN(C(=O)Cn2c(=O)oc3cc(S(=O)(=O)N4CCCC[C@@H]4C)ccc32)C1. The van der Waals surface area contributed by atoms with E-state index in [4.69, 9.17) is 4.42 Å². The zero-order chi connectivity index (χ0) is 21.5. The number of likely N-dealkylation sites (tertiary alicyclic amines) is 1. The number of aromatic nitrogens is 1. The standard InChI is InChI=1S/C21H29N3O5S/c1-15-6-5-10-22(13-15)20(25)14-23-18-9-8-17(12-19(18)29-21(23)26)30(27,28)24-11-4-3-7-16(24)2/h8-9,12,15-16H,3-7,10-11,13-14H2,1-2H3/t15-,16+/m1/s1. The summed E-state index contributed by atoms with van der Waals surface area (Å²) in [7, 11) is -3.67. The van der Waals surface area contributed by atoms with E-state index in [0.29, 0.717) is 31.1 Å². The molecule has 8 nitrogen and oxygen atoms in total. The molecule has 0 N–H and O–H groups in total. The van der Waals surface area contributed by atoms with Gasteiger partial charge in [-0.1, -0.05) is 13.3 Å². The molecule has 2 aliphatic heterocycles. The van der Waals surface area contributed by atoms with Crippen LogP contribution < -0.4 is 5.76 Å². The highest BCUT2D eigenvalue weighted by Gasteiger charge is 2.31. The van der Waals surface area contributed by atoms with E-state index < -0.39 is 15.8 Å². The van der Waals surface area contributed by atoms with Crippen LogP contribution in [0.5, 0.6) is 0 Å². The number of fused-ring (bicyclic) bond motifs is 1. The van der Waals surface area contributed by atoms with Gasteiger partial charge >= 0.3 is 5.76 Å². The molecule has 164 valence electrons. The summed E-state index contributed by atoms with van der Waals surface area (Å²) in [5, 5.41) is 0. The third-order valence-corrected chi connectivity index (χ3v) is 8.30. The Morgan fingerprint density at radius 3 is 2.67 bits per heavy atom. The summed E-state index contributed by atoms with van der Waals surface area (Å²) in [6.07, 6.45) is 4.77. The molecular formula is C21H29N3O5S. The number of carbonyl (C=O) groups is 1. The Labute approximate surface area is 176 Å². The second-order valence-corrected chi connectivity index (χ2v) is 10.5. The molecule has 4 rings (SSSR count). The first kappa shape index (κ1) is 21.1. The van der Waals surface area contributed by atoms with Crippen molar-refractivity contribution in [2.45, 2.75) is 63.4 Å². The van der Waals surface area contributed by atoms with E-state index in [0.717, 1.165) is 32.1 Å². The molecular weight excluding hydrogens is 406 g/mol. The number of carbonyl (C=O) groups excluding carboxylic acids is 1. The van der Waals surface area contributed by atoms with Gasteiger partial charge in [-0.15, -0.1) is 0 Å². The van der Waals surface area contributed by atoms with Crippen molar-refractivity contribution in [2.24, 2.45) is 5.92 Å². The van der Waals surface area contributed by atoms with Crippen molar-refractivity contribution in [1.82, 2.24) is 13.8 Å². The van der Waals surface area contributed by atoms with Crippen molar-refractivity contribution in [2.75, 3.05) is 19.6 Å². The first-order chi connectivity index (χ1) is 14.3. The fraction of sp³-hybridized carbons (Fsp3) is 0.619. The van der Waals surface area contributed by atoms with Gasteiger partial charge in [-0.25, -0.2) is 13.2 Å². The fourth-order valence-electron chi connectivity index (χ4n) is 4.57. The van der Waals surface area contributed by atoms with Gasteiger partial charge in [0.2, 0.25) is 15.9 Å². The van der Waals surface area contributed by atoms with Crippen LogP contribution in [0.3, 0.4) is 0 Å². The van der Waals surface area contributed by atoms with Gasteiger partial charge in [-0.3, -0.25) is 9.36 Å². The average Bonchev–Trinajstić information content (AvgIpc) is 3.02. The molecule has 0 bridgehead atoms. The van der Waals surface area contributed by atoms with Gasteiger partial charge in [-0.05, 0) is 50.7 Å². The lowest BCUT2D eigenvalue weighted by atomic mass is 10.0. The summed E-state index contributed by atoms with van der Waals surface area (Å²) in [5.41, 5.74) is 0.620. The molecule has 2 saturated heterocycles. The highest BCUT2D eigenvalue weighted by Crippen LogP contribution is 2.27. The van der Waals surface area contributed by atoms with E-state index in [-0.39, 0.29) is 29.0 Å². The molecule has 1 amide bonds. The highest BCUT2D eigenvalue weighted by atomic mass is 32.2. The molecule has 0 aliphatic carbocycles. The molecule has 0 saturated carbocycles. The van der Waals surface area contributed by atoms with Crippen LogP contribution in [0.1, 0.15) is 46.0 Å². The molecule has 2 aliphatic rings. The van der Waals surface area contributed by atoms with Crippen molar-refractivity contribution in [3.8, 4) is 0 Å². The Bertz CT molecular complexity index is 1100. The van der Waals surface area contributed by atoms with Crippen molar-refractivity contribution in [3.05, 3.63) is 28.7 Å². The summed E-state index contributed by atoms with van der Waals surface area (Å²) in [6, 6.07) is 4.41. The number of amides is 1. The van der Waals surface area contributed by atoms with Crippen LogP contribution in [0.2, 0.25) is 0 Å². The largest absolute Gasteiger partial charge is 0.420 e. The van der Waals surface area contributed by atoms with Crippen LogP contribution >= 0.6 is 0 Å². The van der Waals surface area contributed by atoms with Crippen LogP contribution in [-0.4, -0.2) is 53.8 Å². The van der Waals surface area contributed by atoms with Gasteiger partial charge in [0, 0.05) is 31.7 Å². The van der Waals surface area contributed by atoms with Gasteiger partial charge in [0.05, 0.1) is 10.4 Å². The minimum atomic E-state index is -3.67. The van der Waals surface area contributed by atoms with E-state index in [9.17, 15) is 18.0 Å². The summed E-state index contributed by atoms with van der Waals surface area (Å²) in [4.78, 5) is 27.0. The molecule has 30 heavy (non-hydrogen) atoms. The van der Waals surface area contributed by atoms with E-state index in [1.807, 2.05) is 6.92 Å². The Kier molecular flexibility index (Phi) is 5.76.